The number of aryl methyl sites for hydroxylation is 2. The zero-order valence-corrected chi connectivity index (χ0v) is 15.9. The van der Waals surface area contributed by atoms with Crippen LogP contribution in [0.5, 0.6) is 23.0 Å². The standard InChI is InChI=1S/2C11H16O2/c2*1-2-3-4-5-9-6-10(12)8-11(13)7-9/h2*6-8,12-13H,2-5H2,1H3. The average Bonchev–Trinajstić information content (AvgIpc) is 2.54. The first-order valence-corrected chi connectivity index (χ1v) is 9.48. The van der Waals surface area contributed by atoms with Gasteiger partial charge in [-0.1, -0.05) is 39.5 Å². The molecule has 0 radical (unpaired) electrons. The lowest BCUT2D eigenvalue weighted by Gasteiger charge is -2.02. The molecule has 0 amide bonds. The molecule has 0 aromatic heterocycles. The Balaban J connectivity index is 0.000000260. The Labute approximate surface area is 156 Å². The molecule has 2 aromatic carbocycles. The molecular formula is C22H32O4. The van der Waals surface area contributed by atoms with Gasteiger partial charge in [0.2, 0.25) is 0 Å². The molecule has 0 saturated heterocycles. The van der Waals surface area contributed by atoms with E-state index in [2.05, 4.69) is 13.8 Å². The summed E-state index contributed by atoms with van der Waals surface area (Å²) in [6.07, 6.45) is 8.83. The minimum atomic E-state index is 0.145. The fraction of sp³-hybridized carbons (Fsp3) is 0.455. The first-order valence-electron chi connectivity index (χ1n) is 9.48. The van der Waals surface area contributed by atoms with Crippen LogP contribution in [0.4, 0.5) is 0 Å². The number of hydrogen-bond acceptors (Lipinski definition) is 4. The van der Waals surface area contributed by atoms with Gasteiger partial charge < -0.3 is 20.4 Å². The normalized spacial score (nSPS) is 10.2. The van der Waals surface area contributed by atoms with Gasteiger partial charge in [0, 0.05) is 12.1 Å². The molecule has 2 aromatic rings. The van der Waals surface area contributed by atoms with E-state index in [0.717, 1.165) is 36.8 Å². The van der Waals surface area contributed by atoms with Crippen LogP contribution in [0, 0.1) is 0 Å². The minimum absolute atomic E-state index is 0.145. The smallest absolute Gasteiger partial charge is 0.119 e. The molecule has 4 N–H and O–H groups in total. The van der Waals surface area contributed by atoms with E-state index in [4.69, 9.17) is 0 Å². The molecular weight excluding hydrogens is 328 g/mol. The van der Waals surface area contributed by atoms with Crippen molar-refractivity contribution in [2.75, 3.05) is 0 Å². The number of benzene rings is 2. The molecule has 144 valence electrons. The summed E-state index contributed by atoms with van der Waals surface area (Å²) in [5, 5.41) is 36.8. The highest BCUT2D eigenvalue weighted by Gasteiger charge is 1.99. The molecule has 4 nitrogen and oxygen atoms in total. The number of rotatable bonds is 8. The summed E-state index contributed by atoms with van der Waals surface area (Å²) in [5.74, 6) is 0.580. The topological polar surface area (TPSA) is 80.9 Å². The maximum atomic E-state index is 9.19. The summed E-state index contributed by atoms with van der Waals surface area (Å²) in [6, 6.07) is 9.52. The third kappa shape index (κ3) is 9.21. The fourth-order valence-electron chi connectivity index (χ4n) is 2.76. The van der Waals surface area contributed by atoms with Gasteiger partial charge in [-0.05, 0) is 61.1 Å². The van der Waals surface area contributed by atoms with Crippen molar-refractivity contribution < 1.29 is 20.4 Å². The highest BCUT2D eigenvalue weighted by atomic mass is 16.3. The number of unbranched alkanes of at least 4 members (excludes halogenated alkanes) is 4. The van der Waals surface area contributed by atoms with E-state index in [1.54, 1.807) is 24.3 Å². The van der Waals surface area contributed by atoms with E-state index < -0.39 is 0 Å². The first kappa shape index (κ1) is 21.7. The van der Waals surface area contributed by atoms with Crippen LogP contribution in [0.2, 0.25) is 0 Å². The Kier molecular flexibility index (Phi) is 10.1. The van der Waals surface area contributed by atoms with E-state index in [9.17, 15) is 20.4 Å². The van der Waals surface area contributed by atoms with Crippen LogP contribution in [0.1, 0.15) is 63.5 Å². The van der Waals surface area contributed by atoms with Crippen molar-refractivity contribution in [3.63, 3.8) is 0 Å². The maximum Gasteiger partial charge on any atom is 0.119 e. The van der Waals surface area contributed by atoms with Crippen molar-refractivity contribution in [3.8, 4) is 23.0 Å². The van der Waals surface area contributed by atoms with E-state index in [-0.39, 0.29) is 23.0 Å². The molecule has 0 aliphatic heterocycles. The summed E-state index contributed by atoms with van der Waals surface area (Å²) in [5.41, 5.74) is 2.01. The number of phenolic OH excluding ortho intramolecular Hbond substituents is 4. The Morgan fingerprint density at radius 2 is 0.808 bits per heavy atom. The van der Waals surface area contributed by atoms with Crippen LogP contribution >= 0.6 is 0 Å². The molecule has 0 spiro atoms. The summed E-state index contributed by atoms with van der Waals surface area (Å²) in [6.45, 7) is 4.31. The Morgan fingerprint density at radius 3 is 1.08 bits per heavy atom. The van der Waals surface area contributed by atoms with Gasteiger partial charge in [0.05, 0.1) is 0 Å². The van der Waals surface area contributed by atoms with Crippen molar-refractivity contribution in [2.45, 2.75) is 65.2 Å². The lowest BCUT2D eigenvalue weighted by Crippen LogP contribution is -1.84. The van der Waals surface area contributed by atoms with Crippen LogP contribution in [-0.4, -0.2) is 20.4 Å². The number of hydrogen-bond donors (Lipinski definition) is 4. The third-order valence-corrected chi connectivity index (χ3v) is 4.06. The Hall–Kier alpha value is -2.36. The zero-order chi connectivity index (χ0) is 19.4. The molecule has 4 heteroatoms. The molecule has 0 atom stereocenters. The summed E-state index contributed by atoms with van der Waals surface area (Å²) < 4.78 is 0. The molecule has 0 aliphatic rings. The lowest BCUT2D eigenvalue weighted by atomic mass is 10.1. The fourth-order valence-corrected chi connectivity index (χ4v) is 2.76. The highest BCUT2D eigenvalue weighted by Crippen LogP contribution is 2.22. The molecule has 0 saturated carbocycles. The molecule has 0 heterocycles. The second-order valence-corrected chi connectivity index (χ2v) is 6.63. The van der Waals surface area contributed by atoms with E-state index in [1.807, 2.05) is 0 Å². The molecule has 0 aliphatic carbocycles. The van der Waals surface area contributed by atoms with Gasteiger partial charge in [-0.15, -0.1) is 0 Å². The van der Waals surface area contributed by atoms with Gasteiger partial charge in [0.25, 0.3) is 0 Å². The first-order chi connectivity index (χ1) is 12.4. The van der Waals surface area contributed by atoms with Crippen molar-refractivity contribution in [3.05, 3.63) is 47.5 Å². The number of phenols is 4. The van der Waals surface area contributed by atoms with Gasteiger partial charge in [0.15, 0.2) is 0 Å². The second-order valence-electron chi connectivity index (χ2n) is 6.63. The Bertz CT molecular complexity index is 555. The largest absolute Gasteiger partial charge is 0.508 e. The van der Waals surface area contributed by atoms with E-state index in [1.165, 1.54) is 37.8 Å². The van der Waals surface area contributed by atoms with Crippen molar-refractivity contribution in [2.24, 2.45) is 0 Å². The van der Waals surface area contributed by atoms with E-state index in [0.29, 0.717) is 0 Å². The van der Waals surface area contributed by atoms with Gasteiger partial charge >= 0.3 is 0 Å². The van der Waals surface area contributed by atoms with Crippen LogP contribution in [0.15, 0.2) is 36.4 Å². The number of aromatic hydroxyl groups is 4. The SMILES string of the molecule is CCCCCc1cc(O)cc(O)c1.CCCCCc1cc(O)cc(O)c1. The lowest BCUT2D eigenvalue weighted by molar-refractivity contribution is 0.448. The molecule has 0 bridgehead atoms. The summed E-state index contributed by atoms with van der Waals surface area (Å²) >= 11 is 0. The predicted octanol–water partition coefficient (Wildman–Crippen LogP) is 5.66. The monoisotopic (exact) mass is 360 g/mol. The van der Waals surface area contributed by atoms with Crippen molar-refractivity contribution in [1.82, 2.24) is 0 Å². The summed E-state index contributed by atoms with van der Waals surface area (Å²) in [7, 11) is 0. The highest BCUT2D eigenvalue weighted by molar-refractivity contribution is 5.37. The van der Waals surface area contributed by atoms with Crippen LogP contribution in [0.3, 0.4) is 0 Å². The van der Waals surface area contributed by atoms with Crippen molar-refractivity contribution >= 4 is 0 Å². The van der Waals surface area contributed by atoms with Crippen molar-refractivity contribution in [1.29, 1.82) is 0 Å². The van der Waals surface area contributed by atoms with Gasteiger partial charge in [-0.25, -0.2) is 0 Å². The third-order valence-electron chi connectivity index (χ3n) is 4.06. The second kappa shape index (κ2) is 12.1. The minimum Gasteiger partial charge on any atom is -0.508 e. The van der Waals surface area contributed by atoms with E-state index >= 15 is 0 Å². The molecule has 0 fully saturated rings. The van der Waals surface area contributed by atoms with Gasteiger partial charge in [-0.3, -0.25) is 0 Å². The van der Waals surface area contributed by atoms with Crippen LogP contribution < -0.4 is 0 Å². The van der Waals surface area contributed by atoms with Gasteiger partial charge in [0.1, 0.15) is 23.0 Å². The molecule has 0 unspecified atom stereocenters. The average molecular weight is 360 g/mol. The summed E-state index contributed by atoms with van der Waals surface area (Å²) in [4.78, 5) is 0. The predicted molar refractivity (Wildman–Crippen MR) is 106 cm³/mol. The molecule has 26 heavy (non-hydrogen) atoms. The zero-order valence-electron chi connectivity index (χ0n) is 15.9. The Morgan fingerprint density at radius 1 is 0.500 bits per heavy atom. The van der Waals surface area contributed by atoms with Crippen LogP contribution in [-0.2, 0) is 12.8 Å². The van der Waals surface area contributed by atoms with Gasteiger partial charge in [-0.2, -0.15) is 0 Å². The molecule has 2 rings (SSSR count). The maximum absolute atomic E-state index is 9.19. The quantitative estimate of drug-likeness (QED) is 0.458. The van der Waals surface area contributed by atoms with Crippen LogP contribution in [0.25, 0.3) is 0 Å².